The number of hydrogen-bond acceptors (Lipinski definition) is 6. The van der Waals surface area contributed by atoms with Crippen molar-refractivity contribution in [3.8, 4) is 0 Å². The Bertz CT molecular complexity index is 1410. The zero-order chi connectivity index (χ0) is 34.4. The number of carbonyl (C=O) groups excluding carboxylic acids is 3. The van der Waals surface area contributed by atoms with Gasteiger partial charge in [0.05, 0.1) is 6.42 Å². The van der Waals surface area contributed by atoms with Gasteiger partial charge in [-0.3, -0.25) is 9.59 Å². The Balaban J connectivity index is 0.939. The first-order valence-corrected chi connectivity index (χ1v) is 19.0. The zero-order valence-electron chi connectivity index (χ0n) is 29.9. The normalized spacial score (nSPS) is 32.5. The minimum Gasteiger partial charge on any atom is -0.462 e. The van der Waals surface area contributed by atoms with E-state index in [1.54, 1.807) is 0 Å². The summed E-state index contributed by atoms with van der Waals surface area (Å²) in [5.41, 5.74) is 2.62. The van der Waals surface area contributed by atoms with Crippen LogP contribution in [-0.2, 0) is 37.0 Å². The topological polar surface area (TPSA) is 90.9 Å². The van der Waals surface area contributed by atoms with Gasteiger partial charge in [-0.25, -0.2) is 4.79 Å². The van der Waals surface area contributed by atoms with Crippen LogP contribution in [0.2, 0.25) is 0 Å². The minimum atomic E-state index is -0.521. The molecule has 4 saturated carbocycles. The molecule has 2 aromatic carbocycles. The van der Waals surface area contributed by atoms with Gasteiger partial charge >= 0.3 is 18.0 Å². The van der Waals surface area contributed by atoms with Crippen LogP contribution in [0.25, 0.3) is 0 Å². The number of rotatable bonds is 12. The van der Waals surface area contributed by atoms with E-state index in [-0.39, 0.29) is 37.6 Å². The van der Waals surface area contributed by atoms with E-state index >= 15 is 0 Å². The summed E-state index contributed by atoms with van der Waals surface area (Å²) in [6.07, 6.45) is 11.7. The van der Waals surface area contributed by atoms with Crippen molar-refractivity contribution in [2.45, 2.75) is 117 Å². The van der Waals surface area contributed by atoms with Crippen LogP contribution in [0.3, 0.4) is 0 Å². The summed E-state index contributed by atoms with van der Waals surface area (Å²) in [7, 11) is 0. The van der Waals surface area contributed by atoms with Crippen LogP contribution in [-0.4, -0.2) is 30.7 Å². The van der Waals surface area contributed by atoms with Gasteiger partial charge < -0.3 is 19.5 Å². The first-order chi connectivity index (χ1) is 23.7. The third kappa shape index (κ3) is 8.18. The lowest BCUT2D eigenvalue weighted by atomic mass is 9.44. The van der Waals surface area contributed by atoms with Gasteiger partial charge in [-0.1, -0.05) is 81.4 Å². The van der Waals surface area contributed by atoms with Gasteiger partial charge in [-0.15, -0.1) is 0 Å². The van der Waals surface area contributed by atoms with Gasteiger partial charge in [0.15, 0.2) is 0 Å². The fraction of sp³-hybridized carbons (Fsp3) is 0.643. The first-order valence-electron chi connectivity index (χ1n) is 19.0. The Hall–Kier alpha value is -3.35. The Morgan fingerprint density at radius 3 is 2.12 bits per heavy atom. The van der Waals surface area contributed by atoms with E-state index < -0.39 is 6.09 Å². The van der Waals surface area contributed by atoms with Crippen molar-refractivity contribution in [3.05, 3.63) is 71.8 Å². The highest BCUT2D eigenvalue weighted by Gasteiger charge is 2.60. The van der Waals surface area contributed by atoms with Crippen molar-refractivity contribution >= 4 is 18.0 Å². The van der Waals surface area contributed by atoms with Gasteiger partial charge in [0, 0.05) is 13.0 Å². The van der Waals surface area contributed by atoms with Crippen LogP contribution in [0.4, 0.5) is 4.79 Å². The fourth-order valence-electron chi connectivity index (χ4n) is 10.9. The highest BCUT2D eigenvalue weighted by Crippen LogP contribution is 2.68. The van der Waals surface area contributed by atoms with E-state index in [1.165, 1.54) is 38.5 Å². The van der Waals surface area contributed by atoms with Gasteiger partial charge in [-0.05, 0) is 122 Å². The summed E-state index contributed by atoms with van der Waals surface area (Å²) >= 11 is 0. The van der Waals surface area contributed by atoms with Crippen LogP contribution in [0.5, 0.6) is 0 Å². The van der Waals surface area contributed by atoms with E-state index in [4.69, 9.17) is 14.2 Å². The lowest BCUT2D eigenvalue weighted by Crippen LogP contribution is -2.54. The maximum absolute atomic E-state index is 12.7. The van der Waals surface area contributed by atoms with Gasteiger partial charge in [0.1, 0.15) is 19.3 Å². The Labute approximate surface area is 293 Å². The van der Waals surface area contributed by atoms with Crippen LogP contribution in [0.15, 0.2) is 60.7 Å². The molecule has 0 aromatic heterocycles. The van der Waals surface area contributed by atoms with Crippen molar-refractivity contribution in [2.75, 3.05) is 6.54 Å². The maximum atomic E-state index is 12.7. The van der Waals surface area contributed by atoms with Gasteiger partial charge in [-0.2, -0.15) is 0 Å². The highest BCUT2D eigenvalue weighted by atomic mass is 16.6. The third-order valence-electron chi connectivity index (χ3n) is 13.5. The lowest BCUT2D eigenvalue weighted by Gasteiger charge is -2.61. The number of fused-ring (bicyclic) bond motifs is 5. The zero-order valence-corrected chi connectivity index (χ0v) is 29.9. The summed E-state index contributed by atoms with van der Waals surface area (Å²) < 4.78 is 16.8. The molecule has 7 nitrogen and oxygen atoms in total. The smallest absolute Gasteiger partial charge is 0.407 e. The number of esters is 2. The quantitative estimate of drug-likeness (QED) is 0.179. The van der Waals surface area contributed by atoms with E-state index in [0.29, 0.717) is 41.6 Å². The lowest BCUT2D eigenvalue weighted by molar-refractivity contribution is -0.162. The molecule has 9 atom stereocenters. The minimum absolute atomic E-state index is 0.0305. The second kappa shape index (κ2) is 15.7. The standard InChI is InChI=1S/C42H57NO6/c1-29(14-19-38(44)47-27-30-10-6-4-7-11-30)35-17-18-36-34-16-15-32-26-33(20-23-41(32,2)37(34)21-24-42(35,36)3)49-39(45)22-25-43-40(46)48-28-31-12-8-5-9-13-31/h4-13,29,32-37H,14-28H2,1-3H3,(H,43,46)/t29-,32-,33+,34+,35-,36+,37+,41+,42-/m1/s1. The van der Waals surface area contributed by atoms with Crippen LogP contribution >= 0.6 is 0 Å². The monoisotopic (exact) mass is 671 g/mol. The molecule has 0 unspecified atom stereocenters. The molecule has 1 amide bonds. The number of benzene rings is 2. The average Bonchev–Trinajstić information content (AvgIpc) is 3.47. The predicted octanol–water partition coefficient (Wildman–Crippen LogP) is 9.03. The molecular formula is C42H57NO6. The molecule has 7 heteroatoms. The summed E-state index contributed by atoms with van der Waals surface area (Å²) in [5, 5.41) is 2.67. The second-order valence-corrected chi connectivity index (χ2v) is 16.2. The molecule has 4 aliphatic rings. The summed E-state index contributed by atoms with van der Waals surface area (Å²) in [4.78, 5) is 37.4. The van der Waals surface area contributed by atoms with Crippen LogP contribution in [0.1, 0.15) is 109 Å². The molecule has 4 aliphatic carbocycles. The number of carbonyl (C=O) groups is 3. The SMILES string of the molecule is C[C@H](CCC(=O)OCc1ccccc1)[C@H]1CC[C@H]2[C@@H]3CC[C@@H]4C[C@@H](OC(=O)CCNC(=O)OCc5ccccc5)CC[C@]4(C)[C@H]3CC[C@]12C. The Morgan fingerprint density at radius 1 is 0.755 bits per heavy atom. The van der Waals surface area contributed by atoms with Crippen LogP contribution in [0, 0.1) is 46.3 Å². The molecule has 0 bridgehead atoms. The van der Waals surface area contributed by atoms with Crippen molar-refractivity contribution in [2.24, 2.45) is 46.3 Å². The van der Waals surface area contributed by atoms with Crippen molar-refractivity contribution in [3.63, 3.8) is 0 Å². The molecule has 0 saturated heterocycles. The Kier molecular flexibility index (Phi) is 11.4. The van der Waals surface area contributed by atoms with E-state index in [0.717, 1.165) is 54.6 Å². The molecule has 2 aromatic rings. The largest absolute Gasteiger partial charge is 0.462 e. The summed E-state index contributed by atoms with van der Waals surface area (Å²) in [6, 6.07) is 19.5. The number of ether oxygens (including phenoxy) is 3. The molecule has 266 valence electrons. The van der Waals surface area contributed by atoms with E-state index in [9.17, 15) is 14.4 Å². The molecule has 0 aliphatic heterocycles. The highest BCUT2D eigenvalue weighted by molar-refractivity contribution is 5.72. The molecule has 0 heterocycles. The van der Waals surface area contributed by atoms with Gasteiger partial charge in [0.2, 0.25) is 0 Å². The molecule has 6 rings (SSSR count). The number of hydrogen-bond donors (Lipinski definition) is 1. The Morgan fingerprint density at radius 2 is 1.41 bits per heavy atom. The maximum Gasteiger partial charge on any atom is 0.407 e. The molecular weight excluding hydrogens is 614 g/mol. The van der Waals surface area contributed by atoms with Crippen LogP contribution < -0.4 is 5.32 Å². The third-order valence-corrected chi connectivity index (χ3v) is 13.5. The molecule has 0 spiro atoms. The van der Waals surface area contributed by atoms with Crippen molar-refractivity contribution < 1.29 is 28.6 Å². The molecule has 4 fully saturated rings. The second-order valence-electron chi connectivity index (χ2n) is 16.2. The first kappa shape index (κ1) is 35.5. The fourth-order valence-corrected chi connectivity index (χ4v) is 10.9. The summed E-state index contributed by atoms with van der Waals surface area (Å²) in [6.45, 7) is 8.28. The van der Waals surface area contributed by atoms with Crippen molar-refractivity contribution in [1.29, 1.82) is 0 Å². The number of alkyl carbamates (subject to hydrolysis) is 1. The predicted molar refractivity (Wildman–Crippen MR) is 189 cm³/mol. The average molecular weight is 672 g/mol. The number of amides is 1. The summed E-state index contributed by atoms with van der Waals surface area (Å²) in [5.74, 6) is 3.74. The molecule has 49 heavy (non-hydrogen) atoms. The van der Waals surface area contributed by atoms with Gasteiger partial charge in [0.25, 0.3) is 0 Å². The molecule has 0 radical (unpaired) electrons. The van der Waals surface area contributed by atoms with E-state index in [1.807, 2.05) is 60.7 Å². The molecule has 1 N–H and O–H groups in total. The van der Waals surface area contributed by atoms with Crippen molar-refractivity contribution in [1.82, 2.24) is 5.32 Å². The van der Waals surface area contributed by atoms with E-state index in [2.05, 4.69) is 26.1 Å². The number of nitrogens with one attached hydrogen (secondary N) is 1.